The lowest BCUT2D eigenvalue weighted by atomic mass is 10.0. The number of unbranched alkanes of at least 4 members (excludes halogenated alkanes) is 15. The first-order chi connectivity index (χ1) is 20.6. The second-order valence-electron chi connectivity index (χ2n) is 11.5. The van der Waals surface area contributed by atoms with Crippen molar-refractivity contribution in [3.8, 4) is 11.5 Å². The van der Waals surface area contributed by atoms with Gasteiger partial charge < -0.3 is 18.9 Å². The molecule has 42 heavy (non-hydrogen) atoms. The van der Waals surface area contributed by atoms with Crippen molar-refractivity contribution in [2.75, 3.05) is 26.4 Å². The van der Waals surface area contributed by atoms with E-state index in [0.717, 1.165) is 28.7 Å². The fraction of sp³-hybridized carbons (Fsp3) is 0.649. The van der Waals surface area contributed by atoms with Crippen molar-refractivity contribution < 1.29 is 23.7 Å². The highest BCUT2D eigenvalue weighted by Crippen LogP contribution is 2.33. The van der Waals surface area contributed by atoms with Crippen molar-refractivity contribution in [2.24, 2.45) is 0 Å². The van der Waals surface area contributed by atoms with Crippen LogP contribution in [0.4, 0.5) is 0 Å². The summed E-state index contributed by atoms with van der Waals surface area (Å²) in [5, 5.41) is 1.95. The molecule has 5 nitrogen and oxygen atoms in total. The number of benzene rings is 2. The lowest BCUT2D eigenvalue weighted by molar-refractivity contribution is -0.149. The van der Waals surface area contributed by atoms with E-state index in [-0.39, 0.29) is 6.61 Å². The van der Waals surface area contributed by atoms with Crippen LogP contribution in [-0.2, 0) is 14.3 Å². The standard InChI is InChI=1S/C37H58O5/c1-5-7-8-9-10-11-12-13-14-15-16-17-18-19-20-23-28-39-29-32(42-37(38)31(3)4)30-41-36-27-26-35(40-6-2)33-24-21-22-25-34(33)36/h21-22,24-27,32H,3,5-20,23,28-30H2,1-2,4H3. The van der Waals surface area contributed by atoms with Gasteiger partial charge in [-0.15, -0.1) is 0 Å². The van der Waals surface area contributed by atoms with E-state index in [1.54, 1.807) is 6.92 Å². The number of rotatable bonds is 26. The van der Waals surface area contributed by atoms with Gasteiger partial charge in [-0.2, -0.15) is 0 Å². The maximum Gasteiger partial charge on any atom is 0.333 e. The summed E-state index contributed by atoms with van der Waals surface area (Å²) in [7, 11) is 0. The van der Waals surface area contributed by atoms with Crippen molar-refractivity contribution in [3.63, 3.8) is 0 Å². The van der Waals surface area contributed by atoms with E-state index in [4.69, 9.17) is 18.9 Å². The molecule has 0 aliphatic carbocycles. The van der Waals surface area contributed by atoms with Crippen molar-refractivity contribution in [1.29, 1.82) is 0 Å². The average molecular weight is 583 g/mol. The minimum Gasteiger partial charge on any atom is -0.493 e. The second kappa shape index (κ2) is 23.0. The molecule has 0 heterocycles. The van der Waals surface area contributed by atoms with Gasteiger partial charge in [-0.25, -0.2) is 4.79 Å². The van der Waals surface area contributed by atoms with Crippen LogP contribution in [0.5, 0.6) is 11.5 Å². The Hall–Kier alpha value is -2.53. The van der Waals surface area contributed by atoms with Gasteiger partial charge in [-0.1, -0.05) is 134 Å². The Bertz CT molecular complexity index is 1000. The van der Waals surface area contributed by atoms with E-state index in [9.17, 15) is 4.79 Å². The molecule has 0 radical (unpaired) electrons. The Kier molecular flexibility index (Phi) is 19.5. The summed E-state index contributed by atoms with van der Waals surface area (Å²) < 4.78 is 23.5. The molecule has 2 aromatic carbocycles. The van der Waals surface area contributed by atoms with Crippen LogP contribution in [0.1, 0.15) is 124 Å². The molecule has 0 N–H and O–H groups in total. The molecular weight excluding hydrogens is 524 g/mol. The van der Waals surface area contributed by atoms with E-state index >= 15 is 0 Å². The lowest BCUT2D eigenvalue weighted by Crippen LogP contribution is -2.30. The van der Waals surface area contributed by atoms with Gasteiger partial charge in [0.2, 0.25) is 0 Å². The maximum atomic E-state index is 12.2. The first-order valence-electron chi connectivity index (χ1n) is 16.8. The van der Waals surface area contributed by atoms with E-state index in [0.29, 0.717) is 25.4 Å². The highest BCUT2D eigenvalue weighted by atomic mass is 16.6. The van der Waals surface area contributed by atoms with Crippen LogP contribution in [0.3, 0.4) is 0 Å². The van der Waals surface area contributed by atoms with Crippen molar-refractivity contribution >= 4 is 16.7 Å². The van der Waals surface area contributed by atoms with E-state index in [2.05, 4.69) is 13.5 Å². The van der Waals surface area contributed by atoms with Crippen LogP contribution in [0.25, 0.3) is 10.8 Å². The fourth-order valence-electron chi connectivity index (χ4n) is 5.17. The molecule has 0 saturated heterocycles. The van der Waals surface area contributed by atoms with Gasteiger partial charge in [0.1, 0.15) is 18.1 Å². The molecule has 0 aromatic heterocycles. The zero-order chi connectivity index (χ0) is 30.3. The van der Waals surface area contributed by atoms with Crippen LogP contribution < -0.4 is 9.47 Å². The van der Waals surface area contributed by atoms with Gasteiger partial charge >= 0.3 is 5.97 Å². The minimum absolute atomic E-state index is 0.204. The van der Waals surface area contributed by atoms with Gasteiger partial charge in [-0.3, -0.25) is 0 Å². The molecule has 0 fully saturated rings. The monoisotopic (exact) mass is 582 g/mol. The van der Waals surface area contributed by atoms with Crippen LogP contribution in [0.15, 0.2) is 48.6 Å². The summed E-state index contributed by atoms with van der Waals surface area (Å²) >= 11 is 0. The van der Waals surface area contributed by atoms with Crippen LogP contribution in [0.2, 0.25) is 0 Å². The van der Waals surface area contributed by atoms with Gasteiger partial charge in [0, 0.05) is 23.0 Å². The molecule has 0 aliphatic rings. The van der Waals surface area contributed by atoms with Gasteiger partial charge in [-0.05, 0) is 32.4 Å². The van der Waals surface area contributed by atoms with Crippen molar-refractivity contribution in [1.82, 2.24) is 0 Å². The summed E-state index contributed by atoms with van der Waals surface area (Å²) in [6, 6.07) is 11.8. The predicted molar refractivity (Wildman–Crippen MR) is 176 cm³/mol. The first-order valence-corrected chi connectivity index (χ1v) is 16.8. The topological polar surface area (TPSA) is 54.0 Å². The molecule has 0 aliphatic heterocycles. The summed E-state index contributed by atoms with van der Waals surface area (Å²) in [5.74, 6) is 1.13. The normalized spacial score (nSPS) is 11.9. The Balaban J connectivity index is 1.60. The van der Waals surface area contributed by atoms with Crippen molar-refractivity contribution in [3.05, 3.63) is 48.6 Å². The smallest absolute Gasteiger partial charge is 0.333 e. The van der Waals surface area contributed by atoms with Gasteiger partial charge in [0.05, 0.1) is 13.2 Å². The Morgan fingerprint density at radius 1 is 0.667 bits per heavy atom. The number of hydrogen-bond donors (Lipinski definition) is 0. The number of ether oxygens (including phenoxy) is 4. The number of hydrogen-bond acceptors (Lipinski definition) is 5. The Morgan fingerprint density at radius 2 is 1.14 bits per heavy atom. The van der Waals surface area contributed by atoms with E-state index in [1.807, 2.05) is 43.3 Å². The number of carbonyl (C=O) groups is 1. The largest absolute Gasteiger partial charge is 0.493 e. The fourth-order valence-corrected chi connectivity index (χ4v) is 5.17. The quantitative estimate of drug-likeness (QED) is 0.0627. The summed E-state index contributed by atoms with van der Waals surface area (Å²) in [6.07, 6.45) is 21.0. The van der Waals surface area contributed by atoms with Gasteiger partial charge in [0.25, 0.3) is 0 Å². The SMILES string of the molecule is C=C(C)C(=O)OC(COCCCCCCCCCCCCCCCCCC)COc1ccc(OCC)c2ccccc12. The van der Waals surface area contributed by atoms with Gasteiger partial charge in [0.15, 0.2) is 6.10 Å². The molecule has 5 heteroatoms. The number of carbonyl (C=O) groups excluding carboxylic acids is 1. The maximum absolute atomic E-state index is 12.2. The van der Waals surface area contributed by atoms with E-state index in [1.165, 1.54) is 96.3 Å². The molecule has 1 unspecified atom stereocenters. The zero-order valence-corrected chi connectivity index (χ0v) is 26.9. The third kappa shape index (κ3) is 15.1. The average Bonchev–Trinajstić information content (AvgIpc) is 2.99. The van der Waals surface area contributed by atoms with Crippen molar-refractivity contribution in [2.45, 2.75) is 130 Å². The number of fused-ring (bicyclic) bond motifs is 1. The Labute approximate surface area is 256 Å². The molecule has 0 spiro atoms. The third-order valence-corrected chi connectivity index (χ3v) is 7.64. The molecular formula is C37H58O5. The van der Waals surface area contributed by atoms with E-state index < -0.39 is 12.1 Å². The summed E-state index contributed by atoms with van der Waals surface area (Å²) in [6.45, 7) is 11.4. The van der Waals surface area contributed by atoms with Crippen LogP contribution in [0, 0.1) is 0 Å². The minimum atomic E-state index is -0.513. The first kappa shape index (κ1) is 35.7. The predicted octanol–water partition coefficient (Wildman–Crippen LogP) is 10.4. The summed E-state index contributed by atoms with van der Waals surface area (Å²) in [5.41, 5.74) is 0.365. The molecule has 2 rings (SSSR count). The molecule has 2 aromatic rings. The molecule has 0 saturated carbocycles. The highest BCUT2D eigenvalue weighted by Gasteiger charge is 2.18. The number of esters is 1. The van der Waals surface area contributed by atoms with Crippen LogP contribution in [-0.4, -0.2) is 38.5 Å². The second-order valence-corrected chi connectivity index (χ2v) is 11.5. The summed E-state index contributed by atoms with van der Waals surface area (Å²) in [4.78, 5) is 12.2. The van der Waals surface area contributed by atoms with Crippen LogP contribution >= 0.6 is 0 Å². The lowest BCUT2D eigenvalue weighted by Gasteiger charge is -2.20. The third-order valence-electron chi connectivity index (χ3n) is 7.64. The highest BCUT2D eigenvalue weighted by molar-refractivity contribution is 5.93. The zero-order valence-electron chi connectivity index (χ0n) is 26.9. The Morgan fingerprint density at radius 3 is 1.62 bits per heavy atom. The molecule has 1 atom stereocenters. The molecule has 0 amide bonds. The molecule has 236 valence electrons. The molecule has 0 bridgehead atoms.